The van der Waals surface area contributed by atoms with Crippen molar-refractivity contribution in [2.45, 2.75) is 37.1 Å². The molecule has 0 saturated heterocycles. The predicted octanol–water partition coefficient (Wildman–Crippen LogP) is 1.05. The second-order valence-electron chi connectivity index (χ2n) is 4.86. The van der Waals surface area contributed by atoms with Crippen LogP contribution in [-0.4, -0.2) is 32.0 Å². The average Bonchev–Trinajstić information content (AvgIpc) is 3.06. The summed E-state index contributed by atoms with van der Waals surface area (Å²) >= 11 is 0. The number of aromatic nitrogens is 3. The van der Waals surface area contributed by atoms with Crippen molar-refractivity contribution < 1.29 is 18.7 Å². The van der Waals surface area contributed by atoms with Gasteiger partial charge in [-0.2, -0.15) is 0 Å². The largest absolute Gasteiger partial charge is 0.480 e. The van der Waals surface area contributed by atoms with Crippen LogP contribution in [0.5, 0.6) is 0 Å². The molecule has 2 aliphatic carbocycles. The van der Waals surface area contributed by atoms with Crippen molar-refractivity contribution in [3.8, 4) is 0 Å². The standard InChI is InChI=1S/C10H11F2N3O2/c11-10(12)5-9(10,8(16)17)7-4-15(14-13-7)3-6-1-2-6/h4,6H,1-3,5H2,(H,16,17). The van der Waals surface area contributed by atoms with E-state index in [0.717, 1.165) is 12.8 Å². The SMILES string of the molecule is O=C(O)C1(c2cn(CC3CC3)nn2)CC1(F)F. The molecule has 1 N–H and O–H groups in total. The number of carboxylic acids is 1. The molecule has 2 fully saturated rings. The summed E-state index contributed by atoms with van der Waals surface area (Å²) in [7, 11) is 0. The highest BCUT2D eigenvalue weighted by molar-refractivity contribution is 5.86. The van der Waals surface area contributed by atoms with Crippen molar-refractivity contribution in [3.63, 3.8) is 0 Å². The van der Waals surface area contributed by atoms with E-state index in [1.807, 2.05) is 0 Å². The molecule has 0 bridgehead atoms. The van der Waals surface area contributed by atoms with E-state index in [2.05, 4.69) is 10.3 Å². The maximum absolute atomic E-state index is 13.2. The van der Waals surface area contributed by atoms with Gasteiger partial charge in [-0.25, -0.2) is 8.78 Å². The number of aliphatic carboxylic acids is 1. The van der Waals surface area contributed by atoms with E-state index in [4.69, 9.17) is 5.11 Å². The van der Waals surface area contributed by atoms with Gasteiger partial charge in [0.2, 0.25) is 0 Å². The molecule has 1 aromatic heterocycles. The van der Waals surface area contributed by atoms with Gasteiger partial charge in [0.15, 0.2) is 5.41 Å². The van der Waals surface area contributed by atoms with Crippen molar-refractivity contribution in [2.24, 2.45) is 5.92 Å². The second-order valence-corrected chi connectivity index (χ2v) is 4.86. The lowest BCUT2D eigenvalue weighted by atomic mass is 10.0. The molecule has 2 aliphatic rings. The quantitative estimate of drug-likeness (QED) is 0.858. The zero-order valence-corrected chi connectivity index (χ0v) is 8.94. The third-order valence-corrected chi connectivity index (χ3v) is 3.47. The Bertz CT molecular complexity index is 484. The van der Waals surface area contributed by atoms with Gasteiger partial charge in [-0.1, -0.05) is 5.21 Å². The Kier molecular flexibility index (Phi) is 1.89. The highest BCUT2D eigenvalue weighted by atomic mass is 19.3. The minimum absolute atomic E-state index is 0.129. The molecule has 0 amide bonds. The van der Waals surface area contributed by atoms with E-state index in [-0.39, 0.29) is 5.69 Å². The first-order chi connectivity index (χ1) is 7.96. The Morgan fingerprint density at radius 1 is 1.59 bits per heavy atom. The van der Waals surface area contributed by atoms with Crippen LogP contribution in [0.1, 0.15) is 25.0 Å². The molecule has 17 heavy (non-hydrogen) atoms. The summed E-state index contributed by atoms with van der Waals surface area (Å²) in [6.07, 6.45) is 2.87. The molecule has 0 aromatic carbocycles. The van der Waals surface area contributed by atoms with Crippen molar-refractivity contribution >= 4 is 5.97 Å². The van der Waals surface area contributed by atoms with Gasteiger partial charge in [0.1, 0.15) is 5.69 Å². The van der Waals surface area contributed by atoms with Gasteiger partial charge in [0, 0.05) is 19.2 Å². The van der Waals surface area contributed by atoms with E-state index < -0.39 is 23.7 Å². The van der Waals surface area contributed by atoms with E-state index in [1.165, 1.54) is 10.9 Å². The third kappa shape index (κ3) is 1.44. The van der Waals surface area contributed by atoms with Gasteiger partial charge < -0.3 is 5.11 Å². The number of carboxylic acid groups (broad SMARTS) is 1. The fourth-order valence-corrected chi connectivity index (χ4v) is 2.06. The molecule has 0 aliphatic heterocycles. The molecule has 1 aromatic rings. The Balaban J connectivity index is 1.87. The number of alkyl halides is 2. The van der Waals surface area contributed by atoms with Crippen LogP contribution in [0, 0.1) is 5.92 Å². The van der Waals surface area contributed by atoms with Crippen LogP contribution >= 0.6 is 0 Å². The third-order valence-electron chi connectivity index (χ3n) is 3.47. The topological polar surface area (TPSA) is 68.0 Å². The van der Waals surface area contributed by atoms with E-state index >= 15 is 0 Å². The van der Waals surface area contributed by atoms with Crippen molar-refractivity contribution in [2.75, 3.05) is 0 Å². The number of hydrogen-bond donors (Lipinski definition) is 1. The molecule has 92 valence electrons. The number of rotatable bonds is 4. The Hall–Kier alpha value is -1.53. The van der Waals surface area contributed by atoms with Crippen LogP contribution in [0.2, 0.25) is 0 Å². The molecule has 1 heterocycles. The minimum Gasteiger partial charge on any atom is -0.480 e. The van der Waals surface area contributed by atoms with Gasteiger partial charge in [0.25, 0.3) is 5.92 Å². The summed E-state index contributed by atoms with van der Waals surface area (Å²) in [6, 6.07) is 0. The molecule has 1 atom stereocenters. The van der Waals surface area contributed by atoms with Crippen LogP contribution in [0.15, 0.2) is 6.20 Å². The lowest BCUT2D eigenvalue weighted by Crippen LogP contribution is -2.27. The minimum atomic E-state index is -3.21. The fourth-order valence-electron chi connectivity index (χ4n) is 2.06. The number of halogens is 2. The zero-order valence-electron chi connectivity index (χ0n) is 8.94. The van der Waals surface area contributed by atoms with Crippen molar-refractivity contribution in [3.05, 3.63) is 11.9 Å². The molecule has 0 spiro atoms. The van der Waals surface area contributed by atoms with Crippen LogP contribution < -0.4 is 0 Å². The number of nitrogens with zero attached hydrogens (tertiary/aromatic N) is 3. The first kappa shape index (κ1) is 10.6. The van der Waals surface area contributed by atoms with Gasteiger partial charge in [-0.05, 0) is 18.8 Å². The van der Waals surface area contributed by atoms with Gasteiger partial charge >= 0.3 is 5.97 Å². The van der Waals surface area contributed by atoms with E-state index in [0.29, 0.717) is 12.5 Å². The molecule has 7 heteroatoms. The Labute approximate surface area is 95.4 Å². The zero-order chi connectivity index (χ0) is 12.3. The Morgan fingerprint density at radius 3 is 2.71 bits per heavy atom. The van der Waals surface area contributed by atoms with E-state index in [1.54, 1.807) is 0 Å². The van der Waals surface area contributed by atoms with Crippen molar-refractivity contribution in [1.82, 2.24) is 15.0 Å². The van der Waals surface area contributed by atoms with Crippen LogP contribution in [-0.2, 0) is 16.8 Å². The summed E-state index contributed by atoms with van der Waals surface area (Å²) in [5.41, 5.74) is -2.27. The lowest BCUT2D eigenvalue weighted by Gasteiger charge is -2.06. The van der Waals surface area contributed by atoms with Gasteiger partial charge in [0.05, 0.1) is 0 Å². The lowest BCUT2D eigenvalue weighted by molar-refractivity contribution is -0.143. The average molecular weight is 243 g/mol. The Morgan fingerprint density at radius 2 is 2.24 bits per heavy atom. The molecule has 3 rings (SSSR count). The van der Waals surface area contributed by atoms with Crippen LogP contribution in [0.25, 0.3) is 0 Å². The highest BCUT2D eigenvalue weighted by Gasteiger charge is 2.79. The normalized spacial score (nSPS) is 30.2. The maximum Gasteiger partial charge on any atom is 0.322 e. The van der Waals surface area contributed by atoms with Gasteiger partial charge in [-0.15, -0.1) is 5.10 Å². The molecule has 0 radical (unpaired) electrons. The smallest absolute Gasteiger partial charge is 0.322 e. The van der Waals surface area contributed by atoms with Crippen molar-refractivity contribution in [1.29, 1.82) is 0 Å². The van der Waals surface area contributed by atoms with Crippen LogP contribution in [0.3, 0.4) is 0 Å². The molecule has 1 unspecified atom stereocenters. The summed E-state index contributed by atoms with van der Waals surface area (Å²) in [5, 5.41) is 16.3. The van der Waals surface area contributed by atoms with E-state index in [9.17, 15) is 13.6 Å². The summed E-state index contributed by atoms with van der Waals surface area (Å²) in [4.78, 5) is 11.0. The fraction of sp³-hybridized carbons (Fsp3) is 0.700. The highest BCUT2D eigenvalue weighted by Crippen LogP contribution is 2.61. The first-order valence-corrected chi connectivity index (χ1v) is 5.47. The number of hydrogen-bond acceptors (Lipinski definition) is 3. The number of carbonyl (C=O) groups is 1. The molecule has 5 nitrogen and oxygen atoms in total. The molecular formula is C10H11F2N3O2. The summed E-state index contributed by atoms with van der Waals surface area (Å²) in [5.74, 6) is -4.20. The predicted molar refractivity (Wildman–Crippen MR) is 51.6 cm³/mol. The molecular weight excluding hydrogens is 232 g/mol. The monoisotopic (exact) mass is 243 g/mol. The summed E-state index contributed by atoms with van der Waals surface area (Å²) in [6.45, 7) is 0.633. The first-order valence-electron chi connectivity index (χ1n) is 5.47. The second kappa shape index (κ2) is 3.02. The summed E-state index contributed by atoms with van der Waals surface area (Å²) < 4.78 is 27.9. The van der Waals surface area contributed by atoms with Gasteiger partial charge in [-0.3, -0.25) is 9.48 Å². The maximum atomic E-state index is 13.2. The molecule has 2 saturated carbocycles. The van der Waals surface area contributed by atoms with Crippen LogP contribution in [0.4, 0.5) is 8.78 Å².